The second-order valence-corrected chi connectivity index (χ2v) is 5.64. The number of hydrogen-bond acceptors (Lipinski definition) is 2. The lowest BCUT2D eigenvalue weighted by Gasteiger charge is -2.16. The predicted octanol–water partition coefficient (Wildman–Crippen LogP) is 5.35. The van der Waals surface area contributed by atoms with Crippen LogP contribution in [0.4, 0.5) is 13.2 Å². The Bertz CT molecular complexity index is 779. The average Bonchev–Trinajstić information content (AvgIpc) is 2.44. The van der Waals surface area contributed by atoms with Crippen LogP contribution < -0.4 is 0 Å². The van der Waals surface area contributed by atoms with Crippen molar-refractivity contribution in [1.29, 1.82) is 0 Å². The highest BCUT2D eigenvalue weighted by Gasteiger charge is 2.35. The second-order valence-electron chi connectivity index (χ2n) is 4.48. The number of pyridine rings is 1. The number of carboxylic acids is 1. The summed E-state index contributed by atoms with van der Waals surface area (Å²) in [6.45, 7) is 0. The van der Waals surface area contributed by atoms with Gasteiger partial charge in [0.05, 0.1) is 32.7 Å². The van der Waals surface area contributed by atoms with Gasteiger partial charge >= 0.3 is 12.1 Å². The molecular weight excluding hydrogens is 378 g/mol. The zero-order chi connectivity index (χ0) is 17.4. The molecule has 0 aliphatic carbocycles. The van der Waals surface area contributed by atoms with Crippen LogP contribution in [0.15, 0.2) is 24.4 Å². The van der Waals surface area contributed by atoms with Gasteiger partial charge in [-0.2, -0.15) is 13.2 Å². The number of aromatic nitrogens is 1. The number of nitrogens with zero attached hydrogens (tertiary/aromatic N) is 1. The van der Waals surface area contributed by atoms with Gasteiger partial charge in [-0.05, 0) is 18.2 Å². The monoisotopic (exact) mass is 383 g/mol. The van der Waals surface area contributed by atoms with Crippen molar-refractivity contribution in [2.75, 3.05) is 0 Å². The van der Waals surface area contributed by atoms with Gasteiger partial charge < -0.3 is 5.11 Å². The molecule has 0 saturated carbocycles. The second kappa shape index (κ2) is 6.55. The van der Waals surface area contributed by atoms with E-state index >= 15 is 0 Å². The van der Waals surface area contributed by atoms with Crippen LogP contribution in [0.1, 0.15) is 11.1 Å². The molecule has 1 N–H and O–H groups in total. The van der Waals surface area contributed by atoms with Crippen LogP contribution in [-0.4, -0.2) is 16.1 Å². The van der Waals surface area contributed by atoms with Gasteiger partial charge in [0, 0.05) is 17.3 Å². The number of benzene rings is 1. The number of carbonyl (C=O) groups is 1. The first-order valence-corrected chi connectivity index (χ1v) is 7.17. The summed E-state index contributed by atoms with van der Waals surface area (Å²) in [6, 6.07) is 3.40. The minimum absolute atomic E-state index is 0.0497. The lowest BCUT2D eigenvalue weighted by Crippen LogP contribution is -2.14. The maximum absolute atomic E-state index is 13.1. The molecule has 9 heteroatoms. The van der Waals surface area contributed by atoms with Crippen LogP contribution in [0.3, 0.4) is 0 Å². The molecule has 0 aliphatic rings. The van der Waals surface area contributed by atoms with Crippen molar-refractivity contribution in [3.63, 3.8) is 0 Å². The lowest BCUT2D eigenvalue weighted by molar-refractivity contribution is -0.139. The van der Waals surface area contributed by atoms with E-state index in [0.717, 1.165) is 6.20 Å². The Balaban J connectivity index is 2.77. The Hall–Kier alpha value is -1.50. The van der Waals surface area contributed by atoms with E-state index < -0.39 is 29.7 Å². The first-order chi connectivity index (χ1) is 10.6. The molecule has 2 aromatic rings. The van der Waals surface area contributed by atoms with Gasteiger partial charge in [0.2, 0.25) is 0 Å². The van der Waals surface area contributed by atoms with E-state index in [1.54, 1.807) is 0 Å². The Labute approximate surface area is 143 Å². The first kappa shape index (κ1) is 17.8. The molecule has 1 aromatic carbocycles. The Morgan fingerprint density at radius 3 is 2.35 bits per heavy atom. The number of rotatable bonds is 3. The highest BCUT2D eigenvalue weighted by atomic mass is 35.5. The van der Waals surface area contributed by atoms with Crippen LogP contribution in [0.2, 0.25) is 15.1 Å². The fourth-order valence-electron chi connectivity index (χ4n) is 2.03. The molecule has 0 amide bonds. The van der Waals surface area contributed by atoms with Crippen LogP contribution in [0.5, 0.6) is 0 Å². The number of aliphatic carboxylic acids is 1. The van der Waals surface area contributed by atoms with E-state index in [1.165, 1.54) is 12.1 Å². The SMILES string of the molecule is O=C(O)Cc1c(C(F)(F)F)ccnc1-c1ccc(Cl)c(Cl)c1Cl. The maximum atomic E-state index is 13.1. The number of halogens is 6. The largest absolute Gasteiger partial charge is 0.481 e. The zero-order valence-electron chi connectivity index (χ0n) is 11.1. The number of carboxylic acid groups (broad SMARTS) is 1. The molecule has 23 heavy (non-hydrogen) atoms. The molecule has 1 heterocycles. The molecule has 3 nitrogen and oxygen atoms in total. The van der Waals surface area contributed by atoms with Crippen molar-refractivity contribution in [1.82, 2.24) is 4.98 Å². The molecule has 0 spiro atoms. The van der Waals surface area contributed by atoms with Gasteiger partial charge in [0.1, 0.15) is 0 Å². The molecule has 122 valence electrons. The quantitative estimate of drug-likeness (QED) is 0.725. The fourth-order valence-corrected chi connectivity index (χ4v) is 2.65. The Morgan fingerprint density at radius 1 is 1.13 bits per heavy atom. The standard InChI is InChI=1S/C14H7Cl3F3NO2/c15-9-2-1-6(11(16)12(9)17)13-7(5-10(22)23)8(3-4-21-13)14(18,19)20/h1-4H,5H2,(H,22,23). The minimum Gasteiger partial charge on any atom is -0.481 e. The number of alkyl halides is 3. The summed E-state index contributed by atoms with van der Waals surface area (Å²) >= 11 is 17.7. The molecule has 2 rings (SSSR count). The predicted molar refractivity (Wildman–Crippen MR) is 81.0 cm³/mol. The van der Waals surface area contributed by atoms with E-state index in [2.05, 4.69) is 4.98 Å². The Morgan fingerprint density at radius 2 is 1.78 bits per heavy atom. The molecule has 0 bridgehead atoms. The van der Waals surface area contributed by atoms with Crippen molar-refractivity contribution in [2.24, 2.45) is 0 Å². The normalized spacial score (nSPS) is 11.6. The van der Waals surface area contributed by atoms with Gasteiger partial charge in [0.25, 0.3) is 0 Å². The molecule has 0 saturated heterocycles. The lowest BCUT2D eigenvalue weighted by atomic mass is 9.98. The molecule has 0 radical (unpaired) electrons. The summed E-state index contributed by atoms with van der Waals surface area (Å²) in [5.41, 5.74) is -1.71. The van der Waals surface area contributed by atoms with Gasteiger partial charge in [0.15, 0.2) is 0 Å². The highest BCUT2D eigenvalue weighted by molar-refractivity contribution is 6.49. The van der Waals surface area contributed by atoms with Crippen LogP contribution in [0.25, 0.3) is 11.3 Å². The van der Waals surface area contributed by atoms with Crippen LogP contribution in [-0.2, 0) is 17.4 Å². The maximum Gasteiger partial charge on any atom is 0.416 e. The third-order valence-electron chi connectivity index (χ3n) is 2.98. The third kappa shape index (κ3) is 3.71. The topological polar surface area (TPSA) is 50.2 Å². The minimum atomic E-state index is -4.73. The van der Waals surface area contributed by atoms with Crippen molar-refractivity contribution in [3.05, 3.63) is 50.6 Å². The summed E-state index contributed by atoms with van der Waals surface area (Å²) in [4.78, 5) is 14.8. The van der Waals surface area contributed by atoms with Gasteiger partial charge in [-0.25, -0.2) is 0 Å². The third-order valence-corrected chi connectivity index (χ3v) is 4.27. The van der Waals surface area contributed by atoms with Crippen molar-refractivity contribution in [2.45, 2.75) is 12.6 Å². The van der Waals surface area contributed by atoms with Gasteiger partial charge in [-0.1, -0.05) is 34.8 Å². The summed E-state index contributed by atoms with van der Waals surface area (Å²) in [5, 5.41) is 8.89. The summed E-state index contributed by atoms with van der Waals surface area (Å²) in [5.74, 6) is -1.43. The smallest absolute Gasteiger partial charge is 0.416 e. The summed E-state index contributed by atoms with van der Waals surface area (Å²) < 4.78 is 39.4. The molecule has 0 aliphatic heterocycles. The average molecular weight is 385 g/mol. The van der Waals surface area contributed by atoms with E-state index in [4.69, 9.17) is 39.9 Å². The van der Waals surface area contributed by atoms with E-state index in [1.807, 2.05) is 0 Å². The number of hydrogen-bond donors (Lipinski definition) is 1. The molecule has 0 atom stereocenters. The molecular formula is C14H7Cl3F3NO2. The van der Waals surface area contributed by atoms with Crippen LogP contribution >= 0.6 is 34.8 Å². The van der Waals surface area contributed by atoms with Gasteiger partial charge in [-0.3, -0.25) is 9.78 Å². The molecule has 0 fully saturated rings. The first-order valence-electron chi connectivity index (χ1n) is 6.03. The Kier molecular flexibility index (Phi) is 5.08. The molecule has 0 unspecified atom stereocenters. The van der Waals surface area contributed by atoms with Gasteiger partial charge in [-0.15, -0.1) is 0 Å². The van der Waals surface area contributed by atoms with Crippen molar-refractivity contribution < 1.29 is 23.1 Å². The van der Waals surface area contributed by atoms with E-state index in [9.17, 15) is 18.0 Å². The van der Waals surface area contributed by atoms with E-state index in [-0.39, 0.29) is 26.3 Å². The van der Waals surface area contributed by atoms with Crippen molar-refractivity contribution in [3.8, 4) is 11.3 Å². The summed E-state index contributed by atoms with van der Waals surface area (Å²) in [7, 11) is 0. The zero-order valence-corrected chi connectivity index (χ0v) is 13.4. The van der Waals surface area contributed by atoms with Crippen LogP contribution in [0, 0.1) is 0 Å². The van der Waals surface area contributed by atoms with E-state index in [0.29, 0.717) is 6.07 Å². The molecule has 1 aromatic heterocycles. The fraction of sp³-hybridized carbons (Fsp3) is 0.143. The van der Waals surface area contributed by atoms with Crippen molar-refractivity contribution >= 4 is 40.8 Å². The highest BCUT2D eigenvalue weighted by Crippen LogP contribution is 2.41. The summed E-state index contributed by atoms with van der Waals surface area (Å²) in [6.07, 6.45) is -4.66.